The number of benzene rings is 2. The van der Waals surface area contributed by atoms with Crippen LogP contribution in [0, 0.1) is 5.41 Å². The number of hydrogen-bond donors (Lipinski definition) is 1. The lowest BCUT2D eigenvalue weighted by atomic mass is 10.1. The first-order valence-corrected chi connectivity index (χ1v) is 20.6. The first-order chi connectivity index (χ1) is 21.0. The minimum Gasteiger partial charge on any atom is -0.464 e. The number of alkyl halides is 3. The Morgan fingerprint density at radius 2 is 1.39 bits per heavy atom. The van der Waals surface area contributed by atoms with Crippen molar-refractivity contribution in [1.82, 2.24) is 0 Å². The SMILES string of the molecule is C[C@H](O[Si](c1ccccc1)(c1ccccc1)C(C)(C)C)[C@H](/C=C/[C@H]1OC(C)(C)O[C@@H]1CO[Si](C)(C)C(C)(C)C)OC(=N)C(F)(F)F. The Morgan fingerprint density at radius 1 is 0.891 bits per heavy atom. The number of hydrogen-bond acceptors (Lipinski definition) is 6. The average molecular weight is 680 g/mol. The van der Waals surface area contributed by atoms with Crippen molar-refractivity contribution in [3.63, 3.8) is 0 Å². The van der Waals surface area contributed by atoms with Crippen molar-refractivity contribution in [1.29, 1.82) is 5.41 Å². The minimum atomic E-state index is -4.96. The molecule has 0 aliphatic carbocycles. The van der Waals surface area contributed by atoms with Crippen LogP contribution in [0.5, 0.6) is 0 Å². The van der Waals surface area contributed by atoms with Gasteiger partial charge in [0.2, 0.25) is 0 Å². The average Bonchev–Trinajstić information content (AvgIpc) is 3.24. The van der Waals surface area contributed by atoms with E-state index in [1.807, 2.05) is 60.7 Å². The third-order valence-electron chi connectivity index (χ3n) is 8.88. The van der Waals surface area contributed by atoms with Crippen LogP contribution in [0.2, 0.25) is 23.2 Å². The summed E-state index contributed by atoms with van der Waals surface area (Å²) in [5.41, 5.74) is 0. The van der Waals surface area contributed by atoms with Crippen LogP contribution in [-0.2, 0) is 23.1 Å². The summed E-state index contributed by atoms with van der Waals surface area (Å²) in [4.78, 5) is 0. The second-order valence-corrected chi connectivity index (χ2v) is 24.1. The van der Waals surface area contributed by atoms with E-state index in [2.05, 4.69) is 54.6 Å². The molecule has 3 rings (SSSR count). The van der Waals surface area contributed by atoms with Crippen LogP contribution < -0.4 is 10.4 Å². The van der Waals surface area contributed by atoms with Gasteiger partial charge < -0.3 is 23.1 Å². The molecule has 1 fully saturated rings. The highest BCUT2D eigenvalue weighted by molar-refractivity contribution is 6.99. The van der Waals surface area contributed by atoms with E-state index >= 15 is 0 Å². The molecule has 1 N–H and O–H groups in total. The molecule has 1 aliphatic heterocycles. The van der Waals surface area contributed by atoms with E-state index < -0.39 is 64.0 Å². The maximum absolute atomic E-state index is 13.7. The van der Waals surface area contributed by atoms with E-state index in [-0.39, 0.29) is 11.6 Å². The van der Waals surface area contributed by atoms with Gasteiger partial charge in [-0.05, 0) is 60.4 Å². The zero-order valence-electron chi connectivity index (χ0n) is 29.1. The third kappa shape index (κ3) is 8.99. The van der Waals surface area contributed by atoms with Crippen molar-refractivity contribution in [3.8, 4) is 0 Å². The van der Waals surface area contributed by atoms with Gasteiger partial charge in [-0.25, -0.2) is 0 Å². The van der Waals surface area contributed by atoms with Crippen LogP contribution in [0.3, 0.4) is 0 Å². The lowest BCUT2D eigenvalue weighted by Crippen LogP contribution is -2.68. The second kappa shape index (κ2) is 14.1. The zero-order valence-corrected chi connectivity index (χ0v) is 31.1. The van der Waals surface area contributed by atoms with Crippen molar-refractivity contribution in [3.05, 3.63) is 72.8 Å². The van der Waals surface area contributed by atoms with Crippen LogP contribution in [0.1, 0.15) is 62.3 Å². The summed E-state index contributed by atoms with van der Waals surface area (Å²) in [6.45, 7) is 22.6. The van der Waals surface area contributed by atoms with E-state index in [4.69, 9.17) is 28.5 Å². The zero-order chi connectivity index (χ0) is 34.8. The normalized spacial score (nSPS) is 20.9. The van der Waals surface area contributed by atoms with Gasteiger partial charge in [0, 0.05) is 0 Å². The number of ether oxygens (including phenoxy) is 3. The van der Waals surface area contributed by atoms with E-state index in [1.54, 1.807) is 26.8 Å². The van der Waals surface area contributed by atoms with E-state index in [0.29, 0.717) is 0 Å². The molecule has 0 aromatic heterocycles. The van der Waals surface area contributed by atoms with Gasteiger partial charge >= 0.3 is 6.18 Å². The smallest absolute Gasteiger partial charge is 0.464 e. The molecule has 0 spiro atoms. The van der Waals surface area contributed by atoms with Gasteiger partial charge in [0.15, 0.2) is 14.1 Å². The Morgan fingerprint density at radius 3 is 1.83 bits per heavy atom. The molecular formula is C35H52F3NO5Si2. The predicted octanol–water partition coefficient (Wildman–Crippen LogP) is 7.97. The van der Waals surface area contributed by atoms with Crippen LogP contribution in [0.25, 0.3) is 0 Å². The molecule has 0 amide bonds. The van der Waals surface area contributed by atoms with Crippen molar-refractivity contribution >= 4 is 32.9 Å². The van der Waals surface area contributed by atoms with Crippen molar-refractivity contribution < 1.29 is 36.2 Å². The molecule has 46 heavy (non-hydrogen) atoms. The Labute approximate surface area is 275 Å². The van der Waals surface area contributed by atoms with Crippen molar-refractivity contribution in [2.45, 2.75) is 122 Å². The molecule has 2 aromatic carbocycles. The lowest BCUT2D eigenvalue weighted by Gasteiger charge is -2.45. The first kappa shape index (κ1) is 38.2. The molecule has 4 atom stereocenters. The molecule has 0 bridgehead atoms. The molecule has 1 heterocycles. The molecule has 1 aliphatic rings. The fraction of sp³-hybridized carbons (Fsp3) is 0.571. The van der Waals surface area contributed by atoms with Gasteiger partial charge in [-0.3, -0.25) is 5.41 Å². The monoisotopic (exact) mass is 679 g/mol. The lowest BCUT2D eigenvalue weighted by molar-refractivity contribution is -0.145. The van der Waals surface area contributed by atoms with E-state index in [9.17, 15) is 13.2 Å². The molecule has 1 saturated heterocycles. The topological polar surface area (TPSA) is 70.0 Å². The van der Waals surface area contributed by atoms with Gasteiger partial charge in [-0.15, -0.1) is 0 Å². The highest BCUT2D eigenvalue weighted by Crippen LogP contribution is 2.40. The maximum Gasteiger partial charge on any atom is 0.467 e. The Balaban J connectivity index is 2.03. The quantitative estimate of drug-likeness (QED) is 0.113. The Hall–Kier alpha value is -2.29. The second-order valence-electron chi connectivity index (χ2n) is 15.0. The number of nitrogens with one attached hydrogen (secondary N) is 1. The van der Waals surface area contributed by atoms with Gasteiger partial charge in [0.1, 0.15) is 18.3 Å². The molecule has 256 valence electrons. The molecule has 0 saturated carbocycles. The summed E-state index contributed by atoms with van der Waals surface area (Å²) < 4.78 is 72.3. The summed E-state index contributed by atoms with van der Waals surface area (Å²) in [6, 6.07) is 19.7. The molecule has 11 heteroatoms. The standard InChI is InChI=1S/C35H52F3NO5Si2/c1-25(44-46(33(5,6)7,26-18-14-12-15-19-26)27-20-16-13-17-21-27)28(41-31(39)35(36,37)38)22-23-29-30(43-34(8,9)42-29)24-40-45(10,11)32(2,3)4/h12-23,25,28-30,39H,24H2,1-11H3/b23-22+,39-31?/t25-,28-,29+,30+/m0/s1. The van der Waals surface area contributed by atoms with Gasteiger partial charge in [0.05, 0.1) is 12.7 Å². The summed E-state index contributed by atoms with van der Waals surface area (Å²) in [6.07, 6.45) is -5.04. The molecule has 6 nitrogen and oxygen atoms in total. The predicted molar refractivity (Wildman–Crippen MR) is 183 cm³/mol. The summed E-state index contributed by atoms with van der Waals surface area (Å²) in [5.74, 6) is -2.72. The van der Waals surface area contributed by atoms with Gasteiger partial charge in [0.25, 0.3) is 14.2 Å². The van der Waals surface area contributed by atoms with Crippen LogP contribution >= 0.6 is 0 Å². The molecule has 0 radical (unpaired) electrons. The van der Waals surface area contributed by atoms with Crippen LogP contribution in [0.15, 0.2) is 72.8 Å². The summed E-state index contributed by atoms with van der Waals surface area (Å²) in [5, 5.41) is 9.25. The Kier molecular flexibility index (Phi) is 11.7. The van der Waals surface area contributed by atoms with Crippen molar-refractivity contribution in [2.24, 2.45) is 0 Å². The largest absolute Gasteiger partial charge is 0.467 e. The highest BCUT2D eigenvalue weighted by Gasteiger charge is 2.52. The Bertz CT molecular complexity index is 1280. The van der Waals surface area contributed by atoms with E-state index in [1.165, 1.54) is 6.08 Å². The highest BCUT2D eigenvalue weighted by atomic mass is 28.4. The third-order valence-corrected chi connectivity index (χ3v) is 18.5. The van der Waals surface area contributed by atoms with E-state index in [0.717, 1.165) is 10.4 Å². The maximum atomic E-state index is 13.7. The van der Waals surface area contributed by atoms with Crippen LogP contribution in [0.4, 0.5) is 13.2 Å². The number of halogens is 3. The fourth-order valence-corrected chi connectivity index (χ4v) is 11.1. The fourth-order valence-electron chi connectivity index (χ4n) is 5.41. The minimum absolute atomic E-state index is 0.0159. The molecule has 0 unspecified atom stereocenters. The van der Waals surface area contributed by atoms with Gasteiger partial charge in [-0.1, -0.05) is 108 Å². The molecule has 2 aromatic rings. The van der Waals surface area contributed by atoms with Gasteiger partial charge in [-0.2, -0.15) is 13.2 Å². The molecular weight excluding hydrogens is 628 g/mol. The van der Waals surface area contributed by atoms with Crippen LogP contribution in [-0.4, -0.2) is 65.5 Å². The first-order valence-electron chi connectivity index (χ1n) is 15.8. The summed E-state index contributed by atoms with van der Waals surface area (Å²) in [7, 11) is -5.27. The summed E-state index contributed by atoms with van der Waals surface area (Å²) >= 11 is 0. The number of rotatable bonds is 11. The van der Waals surface area contributed by atoms with Crippen molar-refractivity contribution in [2.75, 3.05) is 6.61 Å².